The number of rotatable bonds is 8. The largest absolute Gasteiger partial charge is 0.395 e. The van der Waals surface area contributed by atoms with Crippen molar-refractivity contribution in [2.45, 2.75) is 56.9 Å². The highest BCUT2D eigenvalue weighted by molar-refractivity contribution is 7.97. The van der Waals surface area contributed by atoms with Crippen LogP contribution in [0.4, 0.5) is 11.4 Å². The van der Waals surface area contributed by atoms with Crippen molar-refractivity contribution in [1.29, 1.82) is 0 Å². The minimum absolute atomic E-state index is 0.0310. The van der Waals surface area contributed by atoms with Crippen LogP contribution in [0.2, 0.25) is 0 Å². The molecular weight excluding hydrogens is 472 g/mol. The molecule has 2 aromatic carbocycles. The van der Waals surface area contributed by atoms with Crippen molar-refractivity contribution in [2.75, 3.05) is 43.5 Å². The maximum Gasteiger partial charge on any atom is 0.257 e. The molecule has 0 unspecified atom stereocenters. The lowest BCUT2D eigenvalue weighted by atomic mass is 9.92. The van der Waals surface area contributed by atoms with Gasteiger partial charge in [0.05, 0.1) is 17.9 Å². The third kappa shape index (κ3) is 6.60. The maximum absolute atomic E-state index is 13.5. The van der Waals surface area contributed by atoms with Gasteiger partial charge in [0.25, 0.3) is 11.8 Å². The molecule has 1 aliphatic heterocycles. The van der Waals surface area contributed by atoms with Crippen LogP contribution in [0.5, 0.6) is 0 Å². The Labute approximate surface area is 218 Å². The number of benzene rings is 2. The van der Waals surface area contributed by atoms with Gasteiger partial charge >= 0.3 is 0 Å². The highest BCUT2D eigenvalue weighted by Crippen LogP contribution is 2.54. The Morgan fingerprint density at radius 2 is 1.81 bits per heavy atom. The van der Waals surface area contributed by atoms with Gasteiger partial charge in [-0.15, -0.1) is 0 Å². The van der Waals surface area contributed by atoms with Crippen LogP contribution in [0.15, 0.2) is 47.4 Å². The van der Waals surface area contributed by atoms with Crippen molar-refractivity contribution in [2.24, 2.45) is 5.41 Å². The van der Waals surface area contributed by atoms with E-state index in [-0.39, 0.29) is 30.5 Å². The number of anilines is 2. The first-order valence-electron chi connectivity index (χ1n) is 12.7. The Balaban J connectivity index is 1.56. The van der Waals surface area contributed by atoms with Gasteiger partial charge < -0.3 is 20.2 Å². The van der Waals surface area contributed by atoms with Crippen LogP contribution < -0.4 is 14.9 Å². The Morgan fingerprint density at radius 1 is 1.08 bits per heavy atom. The van der Waals surface area contributed by atoms with Gasteiger partial charge in [-0.05, 0) is 100 Å². The summed E-state index contributed by atoms with van der Waals surface area (Å²) in [6.07, 6.45) is 4.85. The molecule has 1 spiro atoms. The van der Waals surface area contributed by atoms with Crippen LogP contribution in [0.1, 0.15) is 67.2 Å². The number of carbonyl (C=O) groups is 2. The first-order chi connectivity index (χ1) is 17.1. The summed E-state index contributed by atoms with van der Waals surface area (Å²) in [4.78, 5) is 31.2. The lowest BCUT2D eigenvalue weighted by Crippen LogP contribution is -2.36. The minimum atomic E-state index is -0.189. The number of hydrogen-bond donors (Lipinski definition) is 3. The van der Waals surface area contributed by atoms with E-state index in [1.165, 1.54) is 29.7 Å². The molecule has 1 aliphatic carbocycles. The SMILES string of the molecule is CN(CCO)C(=O)c1ccc(C(=O)Nc2cccc(SNC(C)(C)C)c2)c(N2CCC3(CC2)CC3)c1. The summed E-state index contributed by atoms with van der Waals surface area (Å²) in [7, 11) is 1.68. The van der Waals surface area contributed by atoms with Crippen LogP contribution in [-0.4, -0.2) is 60.6 Å². The van der Waals surface area contributed by atoms with E-state index in [1.54, 1.807) is 19.2 Å². The van der Waals surface area contributed by atoms with Crippen LogP contribution in [0, 0.1) is 5.41 Å². The molecule has 7 nitrogen and oxygen atoms in total. The number of aliphatic hydroxyl groups is 1. The monoisotopic (exact) mass is 510 g/mol. The fourth-order valence-corrected chi connectivity index (χ4v) is 5.29. The average molecular weight is 511 g/mol. The average Bonchev–Trinajstić information content (AvgIpc) is 3.61. The van der Waals surface area contributed by atoms with E-state index in [0.29, 0.717) is 16.5 Å². The molecule has 2 aliphatic rings. The van der Waals surface area contributed by atoms with Crippen molar-refractivity contribution in [3.63, 3.8) is 0 Å². The zero-order valence-corrected chi connectivity index (χ0v) is 22.6. The van der Waals surface area contributed by atoms with Gasteiger partial charge in [0.1, 0.15) is 0 Å². The van der Waals surface area contributed by atoms with E-state index in [4.69, 9.17) is 0 Å². The van der Waals surface area contributed by atoms with Crippen molar-refractivity contribution < 1.29 is 14.7 Å². The van der Waals surface area contributed by atoms with E-state index in [9.17, 15) is 14.7 Å². The van der Waals surface area contributed by atoms with E-state index in [0.717, 1.165) is 42.2 Å². The topological polar surface area (TPSA) is 84.9 Å². The van der Waals surface area contributed by atoms with Gasteiger partial charge in [0, 0.05) is 48.4 Å². The quantitative estimate of drug-likeness (QED) is 0.443. The minimum Gasteiger partial charge on any atom is -0.395 e. The molecule has 1 saturated heterocycles. The Bertz CT molecular complexity index is 1100. The van der Waals surface area contributed by atoms with Gasteiger partial charge in [-0.25, -0.2) is 0 Å². The predicted molar refractivity (Wildman–Crippen MR) is 147 cm³/mol. The Hall–Kier alpha value is -2.55. The van der Waals surface area contributed by atoms with Gasteiger partial charge in [-0.2, -0.15) is 0 Å². The number of aliphatic hydroxyl groups excluding tert-OH is 1. The number of nitrogens with one attached hydrogen (secondary N) is 2. The van der Waals surface area contributed by atoms with E-state index in [1.807, 2.05) is 30.3 Å². The molecule has 0 bridgehead atoms. The zero-order valence-electron chi connectivity index (χ0n) is 21.8. The molecule has 0 radical (unpaired) electrons. The number of carbonyl (C=O) groups excluding carboxylic acids is 2. The van der Waals surface area contributed by atoms with Crippen molar-refractivity contribution in [3.05, 3.63) is 53.6 Å². The molecule has 1 heterocycles. The molecule has 4 rings (SSSR count). The summed E-state index contributed by atoms with van der Waals surface area (Å²) in [6.45, 7) is 8.26. The third-order valence-corrected chi connectivity index (χ3v) is 8.16. The van der Waals surface area contributed by atoms with Crippen molar-refractivity contribution in [3.8, 4) is 0 Å². The number of likely N-dealkylation sites (N-methyl/N-ethyl adjacent to an activating group) is 1. The molecule has 2 fully saturated rings. The highest BCUT2D eigenvalue weighted by atomic mass is 32.2. The molecule has 3 N–H and O–H groups in total. The number of piperidine rings is 1. The molecule has 1 saturated carbocycles. The third-order valence-electron chi connectivity index (χ3n) is 6.96. The highest BCUT2D eigenvalue weighted by Gasteiger charge is 2.44. The maximum atomic E-state index is 13.5. The van der Waals surface area contributed by atoms with Gasteiger partial charge in [0.15, 0.2) is 0 Å². The first kappa shape index (κ1) is 26.5. The molecule has 194 valence electrons. The van der Waals surface area contributed by atoms with Crippen LogP contribution in [-0.2, 0) is 0 Å². The fourth-order valence-electron chi connectivity index (χ4n) is 4.54. The van der Waals surface area contributed by atoms with Crippen molar-refractivity contribution in [1.82, 2.24) is 9.62 Å². The molecule has 2 aromatic rings. The molecule has 0 aromatic heterocycles. The lowest BCUT2D eigenvalue weighted by Gasteiger charge is -2.35. The normalized spacial score (nSPS) is 16.6. The summed E-state index contributed by atoms with van der Waals surface area (Å²) in [5, 5.41) is 12.3. The van der Waals surface area contributed by atoms with Crippen LogP contribution in [0.25, 0.3) is 0 Å². The van der Waals surface area contributed by atoms with Gasteiger partial charge in [-0.3, -0.25) is 14.3 Å². The standard InChI is InChI=1S/C28H38N4O3S/c1-27(2,3)30-36-22-7-5-6-21(19-22)29-25(34)23-9-8-20(26(35)31(4)16-17-33)18-24(23)32-14-12-28(10-11-28)13-15-32/h5-9,18-19,30,33H,10-17H2,1-4H3,(H,29,34). The number of hydrogen-bond acceptors (Lipinski definition) is 6. The molecule has 0 atom stereocenters. The smallest absolute Gasteiger partial charge is 0.257 e. The molecular formula is C28H38N4O3S. The summed E-state index contributed by atoms with van der Waals surface area (Å²) in [6, 6.07) is 13.1. The van der Waals surface area contributed by atoms with Gasteiger partial charge in [-0.1, -0.05) is 6.07 Å². The lowest BCUT2D eigenvalue weighted by molar-refractivity contribution is 0.0766. The van der Waals surface area contributed by atoms with Crippen LogP contribution in [0.3, 0.4) is 0 Å². The van der Waals surface area contributed by atoms with Crippen LogP contribution >= 0.6 is 11.9 Å². The number of amides is 2. The second-order valence-electron chi connectivity index (χ2n) is 11.1. The van der Waals surface area contributed by atoms with E-state index in [2.05, 4.69) is 35.7 Å². The summed E-state index contributed by atoms with van der Waals surface area (Å²) < 4.78 is 3.39. The Morgan fingerprint density at radius 3 is 2.44 bits per heavy atom. The van der Waals surface area contributed by atoms with E-state index < -0.39 is 0 Å². The van der Waals surface area contributed by atoms with E-state index >= 15 is 0 Å². The first-order valence-corrected chi connectivity index (χ1v) is 13.5. The summed E-state index contributed by atoms with van der Waals surface area (Å²) >= 11 is 1.54. The second-order valence-corrected chi connectivity index (χ2v) is 12.0. The molecule has 36 heavy (non-hydrogen) atoms. The number of nitrogens with zero attached hydrogens (tertiary/aromatic N) is 2. The summed E-state index contributed by atoms with van der Waals surface area (Å²) in [5.41, 5.74) is 3.09. The Kier molecular flexibility index (Phi) is 7.97. The van der Waals surface area contributed by atoms with Gasteiger partial charge in [0.2, 0.25) is 0 Å². The fraction of sp³-hybridized carbons (Fsp3) is 0.500. The molecule has 2 amide bonds. The predicted octanol–water partition coefficient (Wildman–Crippen LogP) is 4.78. The molecule has 8 heteroatoms. The van der Waals surface area contributed by atoms with Crippen molar-refractivity contribution >= 4 is 35.1 Å². The summed E-state index contributed by atoms with van der Waals surface area (Å²) in [5.74, 6) is -0.352. The second kappa shape index (κ2) is 10.8. The zero-order chi connectivity index (χ0) is 25.9.